The van der Waals surface area contributed by atoms with Gasteiger partial charge in [0.2, 0.25) is 11.8 Å². The Morgan fingerprint density at radius 1 is 0.882 bits per heavy atom. The number of benzene rings is 1. The zero-order valence-corrected chi connectivity index (χ0v) is 22.5. The third-order valence-corrected chi connectivity index (χ3v) is 5.48. The first kappa shape index (κ1) is 27.9. The van der Waals surface area contributed by atoms with Crippen LogP contribution < -0.4 is 10.5 Å². The highest BCUT2D eigenvalue weighted by Crippen LogP contribution is 2.23. The van der Waals surface area contributed by atoms with E-state index in [-0.39, 0.29) is 11.4 Å². The van der Waals surface area contributed by atoms with Crippen molar-refractivity contribution >= 4 is 28.7 Å². The molecule has 0 atom stereocenters. The minimum absolute atomic E-state index is 0.153. The average molecular weight is 488 g/mol. The molecule has 0 saturated carbocycles. The first-order chi connectivity index (χ1) is 16.0. The summed E-state index contributed by atoms with van der Waals surface area (Å²) < 4.78 is 5.78. The minimum atomic E-state index is 0.153. The molecule has 7 heteroatoms. The Hall–Kier alpha value is -2.34. The standard InChI is InChI=1S/C17H21N5O.C10H21Cl/c1-17(2,3)8-11-4-6-12(7-5-11)9-23-15-13-14(20-10-19-13)21-16(18)22-15;1-10(2,3)8-6-4-5-7-9-11/h4-7,10H,8-9H2,1-3H3,(H3,18,19,20,21,22);4-9H2,1-3H3. The van der Waals surface area contributed by atoms with Crippen molar-refractivity contribution in [2.24, 2.45) is 10.8 Å². The summed E-state index contributed by atoms with van der Waals surface area (Å²) in [6, 6.07) is 8.44. The number of alkyl halides is 1. The molecule has 2 heterocycles. The van der Waals surface area contributed by atoms with Gasteiger partial charge in [0.05, 0.1) is 6.33 Å². The molecule has 0 fully saturated rings. The lowest BCUT2D eigenvalue weighted by Gasteiger charge is -2.18. The van der Waals surface area contributed by atoms with Crippen molar-refractivity contribution in [3.05, 3.63) is 41.7 Å². The molecular formula is C27H42ClN5O. The Labute approximate surface area is 210 Å². The normalized spacial score (nSPS) is 11.9. The molecule has 6 nitrogen and oxygen atoms in total. The molecule has 188 valence electrons. The van der Waals surface area contributed by atoms with E-state index in [0.29, 0.717) is 29.1 Å². The average Bonchev–Trinajstić information content (AvgIpc) is 3.20. The molecule has 1 aromatic carbocycles. The number of nitrogen functional groups attached to an aromatic ring is 1. The second-order valence-electron chi connectivity index (χ2n) is 11.2. The fourth-order valence-electron chi connectivity index (χ4n) is 3.55. The number of aromatic nitrogens is 4. The van der Waals surface area contributed by atoms with Gasteiger partial charge in [-0.2, -0.15) is 9.97 Å². The van der Waals surface area contributed by atoms with Crippen LogP contribution in [-0.4, -0.2) is 25.8 Å². The minimum Gasteiger partial charge on any atom is -0.471 e. The highest BCUT2D eigenvalue weighted by molar-refractivity contribution is 6.17. The van der Waals surface area contributed by atoms with Crippen LogP contribution in [0.5, 0.6) is 5.88 Å². The number of fused-ring (bicyclic) bond motifs is 1. The molecule has 0 unspecified atom stereocenters. The summed E-state index contributed by atoms with van der Waals surface area (Å²) in [6.07, 6.45) is 9.14. The first-order valence-corrected chi connectivity index (χ1v) is 12.7. The maximum absolute atomic E-state index is 5.78. The largest absolute Gasteiger partial charge is 0.471 e. The van der Waals surface area contributed by atoms with Gasteiger partial charge in [-0.1, -0.05) is 85.1 Å². The van der Waals surface area contributed by atoms with Gasteiger partial charge in [-0.05, 0) is 41.2 Å². The lowest BCUT2D eigenvalue weighted by Crippen LogP contribution is -2.09. The molecule has 0 radical (unpaired) electrons. The van der Waals surface area contributed by atoms with Gasteiger partial charge in [-0.25, -0.2) is 4.98 Å². The molecule has 0 amide bonds. The maximum Gasteiger partial charge on any atom is 0.245 e. The van der Waals surface area contributed by atoms with Gasteiger partial charge >= 0.3 is 0 Å². The number of imidazole rings is 1. The van der Waals surface area contributed by atoms with Crippen molar-refractivity contribution in [1.29, 1.82) is 0 Å². The molecule has 0 bridgehead atoms. The summed E-state index contributed by atoms with van der Waals surface area (Å²) in [7, 11) is 0. The van der Waals surface area contributed by atoms with E-state index in [2.05, 4.69) is 85.7 Å². The topological polar surface area (TPSA) is 89.7 Å². The zero-order chi connectivity index (χ0) is 25.2. The number of H-pyrrole nitrogens is 1. The van der Waals surface area contributed by atoms with E-state index < -0.39 is 0 Å². The van der Waals surface area contributed by atoms with Gasteiger partial charge < -0.3 is 15.5 Å². The molecule has 2 aromatic heterocycles. The highest BCUT2D eigenvalue weighted by atomic mass is 35.5. The number of hydrogen-bond donors (Lipinski definition) is 2. The number of nitrogens with zero attached hydrogens (tertiary/aromatic N) is 3. The number of aromatic amines is 1. The fourth-order valence-corrected chi connectivity index (χ4v) is 3.74. The van der Waals surface area contributed by atoms with Gasteiger partial charge in [-0.15, -0.1) is 11.6 Å². The number of halogens is 1. The molecular weight excluding hydrogens is 446 g/mol. The number of anilines is 1. The van der Waals surface area contributed by atoms with E-state index in [4.69, 9.17) is 22.1 Å². The smallest absolute Gasteiger partial charge is 0.245 e. The molecule has 0 saturated heterocycles. The van der Waals surface area contributed by atoms with Crippen molar-refractivity contribution < 1.29 is 4.74 Å². The molecule has 34 heavy (non-hydrogen) atoms. The van der Waals surface area contributed by atoms with Crippen LogP contribution in [0.1, 0.15) is 84.8 Å². The van der Waals surface area contributed by atoms with Crippen LogP contribution in [0.4, 0.5) is 5.95 Å². The summed E-state index contributed by atoms with van der Waals surface area (Å²) in [4.78, 5) is 15.2. The summed E-state index contributed by atoms with van der Waals surface area (Å²) >= 11 is 5.57. The van der Waals surface area contributed by atoms with Crippen LogP contribution >= 0.6 is 11.6 Å². The fraction of sp³-hybridized carbons (Fsp3) is 0.593. The van der Waals surface area contributed by atoms with Crippen molar-refractivity contribution in [2.75, 3.05) is 11.6 Å². The van der Waals surface area contributed by atoms with Crippen molar-refractivity contribution in [3.8, 4) is 5.88 Å². The van der Waals surface area contributed by atoms with Crippen LogP contribution in [0.25, 0.3) is 11.2 Å². The molecule has 3 rings (SSSR count). The summed E-state index contributed by atoms with van der Waals surface area (Å²) in [5.41, 5.74) is 10.0. The van der Waals surface area contributed by atoms with E-state index in [1.54, 1.807) is 6.33 Å². The van der Waals surface area contributed by atoms with E-state index in [0.717, 1.165) is 17.9 Å². The second kappa shape index (κ2) is 12.9. The van der Waals surface area contributed by atoms with E-state index in [1.807, 2.05) is 0 Å². The second-order valence-corrected chi connectivity index (χ2v) is 11.6. The van der Waals surface area contributed by atoms with Crippen LogP contribution in [0, 0.1) is 10.8 Å². The molecule has 0 spiro atoms. The van der Waals surface area contributed by atoms with Crippen LogP contribution in [0.2, 0.25) is 0 Å². The monoisotopic (exact) mass is 487 g/mol. The number of nitrogens with two attached hydrogens (primary N) is 1. The van der Waals surface area contributed by atoms with E-state index >= 15 is 0 Å². The first-order valence-electron chi connectivity index (χ1n) is 12.2. The zero-order valence-electron chi connectivity index (χ0n) is 21.7. The predicted molar refractivity (Wildman–Crippen MR) is 143 cm³/mol. The maximum atomic E-state index is 5.78. The van der Waals surface area contributed by atoms with Crippen LogP contribution in [-0.2, 0) is 13.0 Å². The number of ether oxygens (including phenoxy) is 1. The summed E-state index contributed by atoms with van der Waals surface area (Å²) in [5.74, 6) is 1.40. The Morgan fingerprint density at radius 3 is 2.15 bits per heavy atom. The third-order valence-electron chi connectivity index (χ3n) is 5.21. The molecule has 3 aromatic rings. The number of unbranched alkanes of at least 4 members (excludes halogenated alkanes) is 3. The van der Waals surface area contributed by atoms with Gasteiger partial charge in [0.25, 0.3) is 0 Å². The molecule has 0 aliphatic heterocycles. The van der Waals surface area contributed by atoms with Crippen molar-refractivity contribution in [2.45, 2.75) is 86.7 Å². The number of rotatable bonds is 9. The predicted octanol–water partition coefficient (Wildman–Crippen LogP) is 7.32. The Morgan fingerprint density at radius 2 is 1.53 bits per heavy atom. The number of nitrogens with one attached hydrogen (secondary N) is 1. The SMILES string of the molecule is CC(C)(C)CCCCCCCl.CC(C)(C)Cc1ccc(COc2nc(N)nc3nc[nH]c23)cc1. The van der Waals surface area contributed by atoms with Gasteiger partial charge in [-0.3, -0.25) is 0 Å². The van der Waals surface area contributed by atoms with Gasteiger partial charge in [0.15, 0.2) is 5.65 Å². The van der Waals surface area contributed by atoms with E-state index in [9.17, 15) is 0 Å². The Bertz CT molecular complexity index is 987. The lowest BCUT2D eigenvalue weighted by molar-refractivity contribution is 0.297. The summed E-state index contributed by atoms with van der Waals surface area (Å²) in [5, 5.41) is 0. The van der Waals surface area contributed by atoms with Gasteiger partial charge in [0, 0.05) is 5.88 Å². The highest BCUT2D eigenvalue weighted by Gasteiger charge is 2.12. The van der Waals surface area contributed by atoms with Crippen LogP contribution in [0.3, 0.4) is 0 Å². The van der Waals surface area contributed by atoms with Crippen molar-refractivity contribution in [3.63, 3.8) is 0 Å². The van der Waals surface area contributed by atoms with E-state index in [1.165, 1.54) is 37.7 Å². The third kappa shape index (κ3) is 10.7. The number of hydrogen-bond acceptors (Lipinski definition) is 5. The van der Waals surface area contributed by atoms with Gasteiger partial charge in [0.1, 0.15) is 12.1 Å². The molecule has 3 N–H and O–H groups in total. The Balaban J connectivity index is 0.000000316. The lowest BCUT2D eigenvalue weighted by atomic mass is 9.88. The van der Waals surface area contributed by atoms with Crippen LogP contribution in [0.15, 0.2) is 30.6 Å². The molecule has 0 aliphatic carbocycles. The summed E-state index contributed by atoms with van der Waals surface area (Å²) in [6.45, 7) is 14.0. The van der Waals surface area contributed by atoms with Crippen molar-refractivity contribution in [1.82, 2.24) is 19.9 Å². The Kier molecular flexibility index (Phi) is 10.6. The molecule has 0 aliphatic rings. The quantitative estimate of drug-likeness (QED) is 0.243.